The van der Waals surface area contributed by atoms with E-state index in [4.69, 9.17) is 0 Å². The average molecular weight is 449 g/mol. The number of anilines is 3. The molecule has 1 atom stereocenters. The summed E-state index contributed by atoms with van der Waals surface area (Å²) in [5.41, 5.74) is 6.64. The first-order valence-electron chi connectivity index (χ1n) is 11.5. The lowest BCUT2D eigenvalue weighted by molar-refractivity contribution is -0.136. The topological polar surface area (TPSA) is 102 Å². The maximum Gasteiger partial charge on any atom is 0.313 e. The molecule has 1 unspecified atom stereocenters. The molecule has 3 N–H and O–H groups in total. The summed E-state index contributed by atoms with van der Waals surface area (Å²) in [6, 6.07) is 9.50. The predicted molar refractivity (Wildman–Crippen MR) is 125 cm³/mol. The highest BCUT2D eigenvalue weighted by Gasteiger charge is 2.30. The molecule has 0 saturated carbocycles. The SMILES string of the molecule is CN1CCc2cc(C(O)CNC(=O)C(=O)Nc3cc4c5c(c3)CCC(=O)N5CCC4)ccc21. The van der Waals surface area contributed by atoms with Gasteiger partial charge in [-0.2, -0.15) is 0 Å². The predicted octanol–water partition coefficient (Wildman–Crippen LogP) is 1.69. The van der Waals surface area contributed by atoms with Gasteiger partial charge in [0.25, 0.3) is 0 Å². The number of likely N-dealkylation sites (N-methyl/N-ethyl adjacent to an activating group) is 1. The van der Waals surface area contributed by atoms with Gasteiger partial charge in [-0.15, -0.1) is 0 Å². The summed E-state index contributed by atoms with van der Waals surface area (Å²) in [7, 11) is 2.04. The van der Waals surface area contributed by atoms with Crippen molar-refractivity contribution in [2.75, 3.05) is 41.8 Å². The molecule has 0 saturated heterocycles. The van der Waals surface area contributed by atoms with Gasteiger partial charge in [0, 0.05) is 44.5 Å². The molecule has 0 spiro atoms. The third-order valence-corrected chi connectivity index (χ3v) is 6.81. The van der Waals surface area contributed by atoms with Crippen LogP contribution in [0, 0.1) is 0 Å². The first kappa shape index (κ1) is 21.5. The van der Waals surface area contributed by atoms with Crippen molar-refractivity contribution in [1.82, 2.24) is 5.32 Å². The minimum Gasteiger partial charge on any atom is -0.387 e. The van der Waals surface area contributed by atoms with Crippen LogP contribution < -0.4 is 20.4 Å². The fraction of sp³-hybridized carbons (Fsp3) is 0.400. The van der Waals surface area contributed by atoms with Crippen LogP contribution in [0.1, 0.15) is 41.2 Å². The van der Waals surface area contributed by atoms with Crippen molar-refractivity contribution < 1.29 is 19.5 Å². The number of benzene rings is 2. The number of aryl methyl sites for hydroxylation is 2. The van der Waals surface area contributed by atoms with Gasteiger partial charge in [-0.3, -0.25) is 14.4 Å². The van der Waals surface area contributed by atoms with Gasteiger partial charge in [-0.1, -0.05) is 12.1 Å². The van der Waals surface area contributed by atoms with Gasteiger partial charge >= 0.3 is 11.8 Å². The normalized spacial score (nSPS) is 17.3. The Hall–Kier alpha value is -3.39. The zero-order valence-corrected chi connectivity index (χ0v) is 18.7. The lowest BCUT2D eigenvalue weighted by Gasteiger charge is -2.35. The van der Waals surface area contributed by atoms with Crippen LogP contribution >= 0.6 is 0 Å². The summed E-state index contributed by atoms with van der Waals surface area (Å²) in [4.78, 5) is 41.1. The summed E-state index contributed by atoms with van der Waals surface area (Å²) < 4.78 is 0. The van der Waals surface area contributed by atoms with E-state index in [9.17, 15) is 19.5 Å². The van der Waals surface area contributed by atoms with E-state index in [1.807, 2.05) is 42.3 Å². The molecule has 0 radical (unpaired) electrons. The van der Waals surface area contributed by atoms with Crippen molar-refractivity contribution >= 4 is 34.8 Å². The monoisotopic (exact) mass is 448 g/mol. The number of aliphatic hydroxyl groups is 1. The Morgan fingerprint density at radius 3 is 2.61 bits per heavy atom. The fourth-order valence-corrected chi connectivity index (χ4v) is 5.09. The third-order valence-electron chi connectivity index (χ3n) is 6.81. The molecule has 3 heterocycles. The summed E-state index contributed by atoms with van der Waals surface area (Å²) in [5, 5.41) is 15.7. The van der Waals surface area contributed by atoms with Crippen molar-refractivity contribution in [2.45, 2.75) is 38.2 Å². The molecular formula is C25H28N4O4. The van der Waals surface area contributed by atoms with Gasteiger partial charge in [-0.05, 0) is 66.1 Å². The molecule has 172 valence electrons. The molecule has 8 heteroatoms. The Morgan fingerprint density at radius 1 is 1.00 bits per heavy atom. The zero-order valence-electron chi connectivity index (χ0n) is 18.7. The van der Waals surface area contributed by atoms with Gasteiger partial charge in [0.15, 0.2) is 0 Å². The maximum atomic E-state index is 12.5. The number of nitrogens with zero attached hydrogens (tertiary/aromatic N) is 2. The van der Waals surface area contributed by atoms with Crippen molar-refractivity contribution in [2.24, 2.45) is 0 Å². The molecule has 3 amide bonds. The van der Waals surface area contributed by atoms with Crippen molar-refractivity contribution in [1.29, 1.82) is 0 Å². The highest BCUT2D eigenvalue weighted by atomic mass is 16.3. The number of carbonyl (C=O) groups is 3. The van der Waals surface area contributed by atoms with Crippen molar-refractivity contribution in [3.05, 3.63) is 52.6 Å². The third kappa shape index (κ3) is 4.06. The van der Waals surface area contributed by atoms with Crippen LogP contribution in [0.4, 0.5) is 17.1 Å². The number of rotatable bonds is 4. The van der Waals surface area contributed by atoms with Crippen LogP contribution in [0.25, 0.3) is 0 Å². The summed E-state index contributed by atoms with van der Waals surface area (Å²) in [5.74, 6) is -1.42. The summed E-state index contributed by atoms with van der Waals surface area (Å²) in [6.45, 7) is 1.63. The number of aliphatic hydroxyl groups excluding tert-OH is 1. The van der Waals surface area contributed by atoms with Crippen LogP contribution in [0.2, 0.25) is 0 Å². The summed E-state index contributed by atoms with van der Waals surface area (Å²) in [6.07, 6.45) is 2.85. The summed E-state index contributed by atoms with van der Waals surface area (Å²) >= 11 is 0. The van der Waals surface area contributed by atoms with Crippen molar-refractivity contribution in [3.63, 3.8) is 0 Å². The van der Waals surface area contributed by atoms with Crippen LogP contribution in [-0.4, -0.2) is 49.5 Å². The van der Waals surface area contributed by atoms with Gasteiger partial charge < -0.3 is 25.5 Å². The van der Waals surface area contributed by atoms with E-state index in [0.717, 1.165) is 60.4 Å². The molecule has 0 aliphatic carbocycles. The number of fused-ring (bicyclic) bond motifs is 1. The van der Waals surface area contributed by atoms with E-state index in [2.05, 4.69) is 15.5 Å². The minimum atomic E-state index is -0.894. The Balaban J connectivity index is 1.21. The van der Waals surface area contributed by atoms with Gasteiger partial charge in [0.1, 0.15) is 0 Å². The first-order valence-corrected chi connectivity index (χ1v) is 11.5. The Bertz CT molecular complexity index is 1130. The Labute approximate surface area is 192 Å². The quantitative estimate of drug-likeness (QED) is 0.618. The molecule has 3 aliphatic rings. The van der Waals surface area contributed by atoms with E-state index < -0.39 is 17.9 Å². The van der Waals surface area contributed by atoms with E-state index in [1.165, 1.54) is 5.56 Å². The lowest BCUT2D eigenvalue weighted by atomic mass is 9.91. The van der Waals surface area contributed by atoms with E-state index in [1.54, 1.807) is 0 Å². The van der Waals surface area contributed by atoms with Crippen LogP contribution in [0.5, 0.6) is 0 Å². The number of hydrogen-bond donors (Lipinski definition) is 3. The number of carbonyl (C=O) groups excluding carboxylic acids is 3. The Kier molecular flexibility index (Phi) is 5.54. The molecule has 3 aliphatic heterocycles. The number of amides is 3. The molecular weight excluding hydrogens is 420 g/mol. The second-order valence-corrected chi connectivity index (χ2v) is 9.03. The molecule has 33 heavy (non-hydrogen) atoms. The lowest BCUT2D eigenvalue weighted by Crippen LogP contribution is -2.39. The highest BCUT2D eigenvalue weighted by molar-refractivity contribution is 6.39. The van der Waals surface area contributed by atoms with E-state index >= 15 is 0 Å². The molecule has 0 bridgehead atoms. The van der Waals surface area contributed by atoms with Crippen LogP contribution in [-0.2, 0) is 33.6 Å². The van der Waals surface area contributed by atoms with E-state index in [-0.39, 0.29) is 12.5 Å². The molecule has 0 fully saturated rings. The number of nitrogens with one attached hydrogen (secondary N) is 2. The molecule has 5 rings (SSSR count). The van der Waals surface area contributed by atoms with Gasteiger partial charge in [0.2, 0.25) is 5.91 Å². The standard InChI is InChI=1S/C25H28N4O4/c1-28-10-8-15-11-16(4-6-20(15)28)21(30)14-26-24(32)25(33)27-19-12-17-3-2-9-29-22(31)7-5-18(13-19)23(17)29/h4,6,11-13,21,30H,2-3,5,7-10,14H2,1H3,(H,26,32)(H,27,33). The molecule has 2 aromatic rings. The van der Waals surface area contributed by atoms with E-state index in [0.29, 0.717) is 18.5 Å². The maximum absolute atomic E-state index is 12.5. The van der Waals surface area contributed by atoms with Crippen LogP contribution in [0.15, 0.2) is 30.3 Å². The van der Waals surface area contributed by atoms with Crippen LogP contribution in [0.3, 0.4) is 0 Å². The van der Waals surface area contributed by atoms with Crippen molar-refractivity contribution in [3.8, 4) is 0 Å². The second-order valence-electron chi connectivity index (χ2n) is 9.03. The smallest absolute Gasteiger partial charge is 0.313 e. The van der Waals surface area contributed by atoms with Gasteiger partial charge in [0.05, 0.1) is 11.8 Å². The largest absolute Gasteiger partial charge is 0.387 e. The highest BCUT2D eigenvalue weighted by Crippen LogP contribution is 2.38. The molecule has 0 aromatic heterocycles. The first-order chi connectivity index (χ1) is 15.9. The Morgan fingerprint density at radius 2 is 1.79 bits per heavy atom. The molecule has 8 nitrogen and oxygen atoms in total. The molecule has 2 aromatic carbocycles. The minimum absolute atomic E-state index is 0.0482. The number of hydrogen-bond acceptors (Lipinski definition) is 5. The van der Waals surface area contributed by atoms with Gasteiger partial charge in [-0.25, -0.2) is 0 Å². The fourth-order valence-electron chi connectivity index (χ4n) is 5.09. The average Bonchev–Trinajstić information content (AvgIpc) is 3.19. The second kappa shape index (κ2) is 8.51. The zero-order chi connectivity index (χ0) is 23.1.